The number of aliphatic hydroxyl groups is 1. The van der Waals surface area contributed by atoms with E-state index >= 15 is 0 Å². The first-order valence-corrected chi connectivity index (χ1v) is 22.6. The fraction of sp³-hybridized carbons (Fsp3) is 0.957. The van der Waals surface area contributed by atoms with Crippen LogP contribution < -0.4 is 5.32 Å². The molecule has 0 aromatic heterocycles. The van der Waals surface area contributed by atoms with E-state index in [0.717, 1.165) is 12.8 Å². The fourth-order valence-electron chi connectivity index (χ4n) is 6.72. The Balaban J connectivity index is -0.000000942. The molecule has 3 heteroatoms. The average molecular weight is 695 g/mol. The molecule has 2 N–H and O–H groups in total. The van der Waals surface area contributed by atoms with Gasteiger partial charge in [-0.1, -0.05) is 202 Å². The van der Waals surface area contributed by atoms with Crippen molar-refractivity contribution in [2.24, 2.45) is 5.92 Å². The number of unbranched alkanes of at least 4 members (excludes halogenated alkanes) is 24. The topological polar surface area (TPSA) is 35.5 Å². The summed E-state index contributed by atoms with van der Waals surface area (Å²) in [6, 6.07) is 0. The van der Waals surface area contributed by atoms with E-state index in [1.807, 2.05) is 0 Å². The second-order valence-corrected chi connectivity index (χ2v) is 15.5. The Morgan fingerprint density at radius 3 is 1.14 bits per heavy atom. The third-order valence-corrected chi connectivity index (χ3v) is 10.1. The molecule has 0 aromatic carbocycles. The van der Waals surface area contributed by atoms with Crippen molar-refractivity contribution in [2.75, 3.05) is 33.2 Å². The van der Waals surface area contributed by atoms with Crippen molar-refractivity contribution >= 4 is 0 Å². The van der Waals surface area contributed by atoms with Gasteiger partial charge in [-0.05, 0) is 77.7 Å². The molecule has 0 aromatic rings. The normalized spacial score (nSPS) is 12.3. The zero-order chi connectivity index (χ0) is 36.9. The monoisotopic (exact) mass is 695 g/mol. The summed E-state index contributed by atoms with van der Waals surface area (Å²) in [4.78, 5) is 2.52. The summed E-state index contributed by atoms with van der Waals surface area (Å²) >= 11 is 0. The molecule has 3 nitrogen and oxygen atoms in total. The Bertz CT molecular complexity index is 527. The first-order chi connectivity index (χ1) is 24.0. The molecule has 0 fully saturated rings. The first kappa shape index (κ1) is 53.0. The lowest BCUT2D eigenvalue weighted by molar-refractivity contribution is 0.130. The largest absolute Gasteiger partial charge is 0.393 e. The van der Waals surface area contributed by atoms with E-state index < -0.39 is 0 Å². The van der Waals surface area contributed by atoms with Gasteiger partial charge in [-0.2, -0.15) is 0 Å². The van der Waals surface area contributed by atoms with Crippen molar-refractivity contribution in [1.82, 2.24) is 10.2 Å². The molecule has 49 heavy (non-hydrogen) atoms. The van der Waals surface area contributed by atoms with Crippen molar-refractivity contribution in [3.63, 3.8) is 0 Å². The number of hydrogen-bond donors (Lipinski definition) is 2. The van der Waals surface area contributed by atoms with Crippen LogP contribution in [0.5, 0.6) is 0 Å². The third kappa shape index (κ3) is 52.1. The van der Waals surface area contributed by atoms with Gasteiger partial charge in [-0.15, -0.1) is 13.2 Å². The Kier molecular flexibility index (Phi) is 53.8. The van der Waals surface area contributed by atoms with Gasteiger partial charge in [-0.25, -0.2) is 0 Å². The highest BCUT2D eigenvalue weighted by Gasteiger charge is 2.10. The molecule has 0 saturated carbocycles. The zero-order valence-electron chi connectivity index (χ0n) is 35.4. The lowest BCUT2D eigenvalue weighted by atomic mass is 9.94. The number of hydrogen-bond acceptors (Lipinski definition) is 3. The minimum atomic E-state index is -0.0662. The summed E-state index contributed by atoms with van der Waals surface area (Å²) in [5, 5.41) is 13.9. The van der Waals surface area contributed by atoms with Crippen LogP contribution in [0.4, 0.5) is 0 Å². The number of rotatable bonds is 38. The van der Waals surface area contributed by atoms with Crippen LogP contribution in [0.25, 0.3) is 0 Å². The maximum absolute atomic E-state index is 10.3. The number of aliphatic hydroxyl groups excluding tert-OH is 1. The molecule has 298 valence electrons. The Morgan fingerprint density at radius 1 is 0.449 bits per heavy atom. The molecule has 0 saturated heterocycles. The second kappa shape index (κ2) is 49.7. The van der Waals surface area contributed by atoms with Gasteiger partial charge >= 0.3 is 0 Å². The van der Waals surface area contributed by atoms with E-state index in [4.69, 9.17) is 0 Å². The lowest BCUT2D eigenvalue weighted by Gasteiger charge is -2.17. The molecule has 2 atom stereocenters. The molecule has 0 amide bonds. The van der Waals surface area contributed by atoms with Gasteiger partial charge in [0.2, 0.25) is 0 Å². The molecule has 0 heterocycles. The number of nitrogens with zero attached hydrogens (tertiary/aromatic N) is 1. The molecular formula is C46H98N2O. The van der Waals surface area contributed by atoms with Crippen LogP contribution in [0.1, 0.15) is 240 Å². The van der Waals surface area contributed by atoms with Crippen molar-refractivity contribution < 1.29 is 5.11 Å². The standard InChI is InChI=1S/C28H59NO.C16H35N.C2H4/c1-5-7-9-11-14-18-22-27(3)26-28(30)23-19-15-13-17-21-25-29(4)24-20-16-12-10-8-6-2;1-3-5-7-9-11-13-15-17-16-14-12-10-8-6-4-2;1-2/h27-28,30H,5-26H2,1-4H3;17H,3-16H2,1-2H3;1-2H2. The van der Waals surface area contributed by atoms with Gasteiger partial charge in [0.1, 0.15) is 0 Å². The third-order valence-electron chi connectivity index (χ3n) is 10.1. The molecule has 0 spiro atoms. The Morgan fingerprint density at radius 2 is 0.755 bits per heavy atom. The molecule has 2 unspecified atom stereocenters. The van der Waals surface area contributed by atoms with Crippen LogP contribution in [0.2, 0.25) is 0 Å². The van der Waals surface area contributed by atoms with E-state index in [1.165, 1.54) is 219 Å². The summed E-state index contributed by atoms with van der Waals surface area (Å²) in [6.07, 6.45) is 43.3. The van der Waals surface area contributed by atoms with Gasteiger partial charge in [-0.3, -0.25) is 0 Å². The van der Waals surface area contributed by atoms with Crippen molar-refractivity contribution in [2.45, 2.75) is 246 Å². The lowest BCUT2D eigenvalue weighted by Crippen LogP contribution is -2.20. The minimum absolute atomic E-state index is 0.0662. The molecule has 0 rings (SSSR count). The average Bonchev–Trinajstić information content (AvgIpc) is 3.10. The van der Waals surface area contributed by atoms with E-state index in [-0.39, 0.29) is 6.10 Å². The quantitative estimate of drug-likeness (QED) is 0.0499. The SMILES string of the molecule is C=C.CCCCCCCCC(C)CC(O)CCCCCCCN(C)CCCCCCCC.CCCCCCCCNCCCCCCCC. The first-order valence-electron chi connectivity index (χ1n) is 22.6. The molecule has 0 aliphatic carbocycles. The smallest absolute Gasteiger partial charge is 0.0542 e. The molecule has 0 radical (unpaired) electrons. The van der Waals surface area contributed by atoms with Crippen molar-refractivity contribution in [1.29, 1.82) is 0 Å². The van der Waals surface area contributed by atoms with E-state index in [1.54, 1.807) is 0 Å². The van der Waals surface area contributed by atoms with Gasteiger partial charge < -0.3 is 15.3 Å². The summed E-state index contributed by atoms with van der Waals surface area (Å²) in [5.41, 5.74) is 0. The van der Waals surface area contributed by atoms with E-state index in [9.17, 15) is 5.11 Å². The van der Waals surface area contributed by atoms with Crippen molar-refractivity contribution in [3.05, 3.63) is 13.2 Å². The zero-order valence-corrected chi connectivity index (χ0v) is 35.4. The molecule has 0 aliphatic rings. The summed E-state index contributed by atoms with van der Waals surface area (Å²) in [7, 11) is 2.29. The van der Waals surface area contributed by atoms with Crippen LogP contribution in [0, 0.1) is 5.92 Å². The Labute approximate surface area is 313 Å². The van der Waals surface area contributed by atoms with Gasteiger partial charge in [0.25, 0.3) is 0 Å². The summed E-state index contributed by atoms with van der Waals surface area (Å²) in [5.74, 6) is 0.688. The molecule has 0 aliphatic heterocycles. The number of nitrogens with one attached hydrogen (secondary N) is 1. The summed E-state index contributed by atoms with van der Waals surface area (Å²) in [6.45, 7) is 22.5. The fourth-order valence-corrected chi connectivity index (χ4v) is 6.72. The highest BCUT2D eigenvalue weighted by Crippen LogP contribution is 2.19. The van der Waals surface area contributed by atoms with Crippen LogP contribution >= 0.6 is 0 Å². The van der Waals surface area contributed by atoms with Crippen molar-refractivity contribution in [3.8, 4) is 0 Å². The van der Waals surface area contributed by atoms with Crippen LogP contribution in [-0.2, 0) is 0 Å². The predicted octanol–water partition coefficient (Wildman–Crippen LogP) is 14.9. The van der Waals surface area contributed by atoms with Crippen LogP contribution in [0.3, 0.4) is 0 Å². The minimum Gasteiger partial charge on any atom is -0.393 e. The predicted molar refractivity (Wildman–Crippen MR) is 227 cm³/mol. The van der Waals surface area contributed by atoms with E-state index in [0.29, 0.717) is 5.92 Å². The highest BCUT2D eigenvalue weighted by atomic mass is 16.3. The van der Waals surface area contributed by atoms with Gasteiger partial charge in [0.05, 0.1) is 6.10 Å². The van der Waals surface area contributed by atoms with Crippen LogP contribution in [-0.4, -0.2) is 49.3 Å². The van der Waals surface area contributed by atoms with Crippen LogP contribution in [0.15, 0.2) is 13.2 Å². The Hall–Kier alpha value is -0.380. The summed E-state index contributed by atoms with van der Waals surface area (Å²) < 4.78 is 0. The van der Waals surface area contributed by atoms with Gasteiger partial charge in [0, 0.05) is 0 Å². The van der Waals surface area contributed by atoms with E-state index in [2.05, 4.69) is 65.0 Å². The molecular weight excluding hydrogens is 597 g/mol. The van der Waals surface area contributed by atoms with Gasteiger partial charge in [0.15, 0.2) is 0 Å². The molecule has 0 bridgehead atoms. The highest BCUT2D eigenvalue weighted by molar-refractivity contribution is 4.63. The maximum Gasteiger partial charge on any atom is 0.0542 e. The maximum atomic E-state index is 10.3. The second-order valence-electron chi connectivity index (χ2n) is 15.5.